The number of hydrogen-bond acceptors (Lipinski definition) is 5. The van der Waals surface area contributed by atoms with Crippen molar-refractivity contribution >= 4 is 0 Å². The minimum atomic E-state index is 0.674. The van der Waals surface area contributed by atoms with Crippen LogP contribution in [0.5, 0.6) is 0 Å². The summed E-state index contributed by atoms with van der Waals surface area (Å²) >= 11 is 0. The van der Waals surface area contributed by atoms with Gasteiger partial charge in [-0.2, -0.15) is 4.98 Å². The fraction of sp³-hybridized carbons (Fsp3) is 0.462. The van der Waals surface area contributed by atoms with Gasteiger partial charge in [-0.3, -0.25) is 4.98 Å². The third-order valence-electron chi connectivity index (χ3n) is 2.94. The van der Waals surface area contributed by atoms with Gasteiger partial charge in [0.05, 0.1) is 0 Å². The Morgan fingerprint density at radius 2 is 2.33 bits per heavy atom. The Morgan fingerprint density at radius 3 is 3.11 bits per heavy atom. The first-order valence-corrected chi connectivity index (χ1v) is 6.34. The molecular weight excluding hydrogens is 228 g/mol. The molecule has 3 rings (SSSR count). The first-order chi connectivity index (χ1) is 8.90. The van der Waals surface area contributed by atoms with E-state index in [0.717, 1.165) is 30.4 Å². The van der Waals surface area contributed by atoms with E-state index in [0.29, 0.717) is 12.3 Å². The van der Waals surface area contributed by atoms with Gasteiger partial charge in [0, 0.05) is 37.8 Å². The summed E-state index contributed by atoms with van der Waals surface area (Å²) in [6.07, 6.45) is 7.66. The fourth-order valence-corrected chi connectivity index (χ4v) is 1.82. The zero-order chi connectivity index (χ0) is 12.2. The first-order valence-electron chi connectivity index (χ1n) is 6.34. The maximum Gasteiger partial charge on any atom is 0.227 e. The molecule has 0 amide bonds. The van der Waals surface area contributed by atoms with Crippen molar-refractivity contribution in [1.29, 1.82) is 0 Å². The molecule has 2 aromatic heterocycles. The second-order valence-electron chi connectivity index (χ2n) is 4.62. The van der Waals surface area contributed by atoms with E-state index in [9.17, 15) is 0 Å². The molecule has 1 N–H and O–H groups in total. The molecule has 0 atom stereocenters. The lowest BCUT2D eigenvalue weighted by Crippen LogP contribution is -2.19. The van der Waals surface area contributed by atoms with E-state index in [1.807, 2.05) is 18.3 Å². The van der Waals surface area contributed by atoms with E-state index >= 15 is 0 Å². The Balaban J connectivity index is 1.52. The van der Waals surface area contributed by atoms with Crippen molar-refractivity contribution in [1.82, 2.24) is 20.4 Å². The van der Waals surface area contributed by atoms with Gasteiger partial charge >= 0.3 is 0 Å². The number of hydrogen-bond donors (Lipinski definition) is 1. The molecule has 94 valence electrons. The number of pyridine rings is 1. The zero-order valence-electron chi connectivity index (χ0n) is 10.2. The van der Waals surface area contributed by atoms with E-state index in [-0.39, 0.29) is 0 Å². The van der Waals surface area contributed by atoms with Crippen molar-refractivity contribution in [2.24, 2.45) is 0 Å². The summed E-state index contributed by atoms with van der Waals surface area (Å²) in [5.41, 5.74) is 1.10. The zero-order valence-corrected chi connectivity index (χ0v) is 10.2. The predicted octanol–water partition coefficient (Wildman–Crippen LogP) is 1.35. The molecular formula is C13H16N4O. The quantitative estimate of drug-likeness (QED) is 0.831. The van der Waals surface area contributed by atoms with Gasteiger partial charge < -0.3 is 9.84 Å². The van der Waals surface area contributed by atoms with Crippen LogP contribution in [-0.2, 0) is 12.8 Å². The number of aromatic nitrogens is 3. The molecule has 2 aromatic rings. The molecule has 18 heavy (non-hydrogen) atoms. The fourth-order valence-electron chi connectivity index (χ4n) is 1.82. The van der Waals surface area contributed by atoms with Crippen LogP contribution < -0.4 is 5.32 Å². The van der Waals surface area contributed by atoms with Crippen LogP contribution in [0, 0.1) is 0 Å². The summed E-state index contributed by atoms with van der Waals surface area (Å²) in [6, 6.07) is 4.65. The highest BCUT2D eigenvalue weighted by Crippen LogP contribution is 2.18. The van der Waals surface area contributed by atoms with Crippen LogP contribution >= 0.6 is 0 Å². The van der Waals surface area contributed by atoms with Crippen molar-refractivity contribution in [2.45, 2.75) is 31.7 Å². The molecule has 0 radical (unpaired) electrons. The maximum atomic E-state index is 5.22. The van der Waals surface area contributed by atoms with E-state index < -0.39 is 0 Å². The first kappa shape index (κ1) is 11.3. The van der Waals surface area contributed by atoms with Crippen molar-refractivity contribution < 1.29 is 4.52 Å². The van der Waals surface area contributed by atoms with Crippen molar-refractivity contribution in [3.8, 4) is 0 Å². The molecule has 1 aliphatic rings. The second kappa shape index (κ2) is 5.27. The normalized spacial score (nSPS) is 14.9. The molecule has 1 aliphatic carbocycles. The van der Waals surface area contributed by atoms with Crippen LogP contribution in [0.15, 0.2) is 29.0 Å². The molecule has 0 bridgehead atoms. The van der Waals surface area contributed by atoms with Crippen LogP contribution in [0.3, 0.4) is 0 Å². The van der Waals surface area contributed by atoms with Gasteiger partial charge in [0.1, 0.15) is 0 Å². The van der Waals surface area contributed by atoms with Crippen LogP contribution in [0.2, 0.25) is 0 Å². The van der Waals surface area contributed by atoms with Gasteiger partial charge in [-0.05, 0) is 24.5 Å². The van der Waals surface area contributed by atoms with Crippen molar-refractivity contribution in [3.63, 3.8) is 0 Å². The number of nitrogens with one attached hydrogen (secondary N) is 1. The van der Waals surface area contributed by atoms with Gasteiger partial charge in [-0.25, -0.2) is 0 Å². The third-order valence-corrected chi connectivity index (χ3v) is 2.94. The SMILES string of the molecule is c1cncc(Cc2noc(CCNC3CC3)n2)c1. The molecule has 1 fully saturated rings. The summed E-state index contributed by atoms with van der Waals surface area (Å²) in [4.78, 5) is 8.44. The van der Waals surface area contributed by atoms with Crippen LogP contribution in [-0.4, -0.2) is 27.7 Å². The molecule has 5 heteroatoms. The Labute approximate surface area is 106 Å². The highest BCUT2D eigenvalue weighted by molar-refractivity contribution is 5.13. The smallest absolute Gasteiger partial charge is 0.227 e. The molecule has 2 heterocycles. The van der Waals surface area contributed by atoms with E-state index in [4.69, 9.17) is 4.52 Å². The lowest BCUT2D eigenvalue weighted by atomic mass is 10.2. The monoisotopic (exact) mass is 244 g/mol. The Morgan fingerprint density at radius 1 is 1.39 bits per heavy atom. The topological polar surface area (TPSA) is 63.8 Å². The van der Waals surface area contributed by atoms with Gasteiger partial charge in [0.25, 0.3) is 0 Å². The van der Waals surface area contributed by atoms with Crippen LogP contribution in [0.4, 0.5) is 0 Å². The summed E-state index contributed by atoms with van der Waals surface area (Å²) in [5.74, 6) is 1.44. The molecule has 0 aliphatic heterocycles. The van der Waals surface area contributed by atoms with Crippen molar-refractivity contribution in [2.75, 3.05) is 6.54 Å². The molecule has 1 saturated carbocycles. The largest absolute Gasteiger partial charge is 0.339 e. The Kier molecular flexibility index (Phi) is 3.32. The van der Waals surface area contributed by atoms with Gasteiger partial charge in [0.15, 0.2) is 5.82 Å². The highest BCUT2D eigenvalue weighted by atomic mass is 16.5. The summed E-state index contributed by atoms with van der Waals surface area (Å²) in [5, 5.41) is 7.41. The lowest BCUT2D eigenvalue weighted by molar-refractivity contribution is 0.371. The summed E-state index contributed by atoms with van der Waals surface area (Å²) < 4.78 is 5.22. The van der Waals surface area contributed by atoms with Gasteiger partial charge in [0.2, 0.25) is 5.89 Å². The van der Waals surface area contributed by atoms with E-state index in [1.165, 1.54) is 12.8 Å². The minimum absolute atomic E-state index is 0.674. The molecule has 0 unspecified atom stereocenters. The Hall–Kier alpha value is -1.75. The average molecular weight is 244 g/mol. The van der Waals surface area contributed by atoms with E-state index in [2.05, 4.69) is 20.4 Å². The van der Waals surface area contributed by atoms with Crippen LogP contribution in [0.25, 0.3) is 0 Å². The summed E-state index contributed by atoms with van der Waals surface area (Å²) in [7, 11) is 0. The molecule has 0 saturated heterocycles. The number of rotatable bonds is 6. The maximum absolute atomic E-state index is 5.22. The van der Waals surface area contributed by atoms with Gasteiger partial charge in [-0.1, -0.05) is 11.2 Å². The van der Waals surface area contributed by atoms with Crippen LogP contribution in [0.1, 0.15) is 30.1 Å². The van der Waals surface area contributed by atoms with Crippen molar-refractivity contribution in [3.05, 3.63) is 41.8 Å². The molecule has 0 aromatic carbocycles. The predicted molar refractivity (Wildman–Crippen MR) is 66.1 cm³/mol. The number of nitrogens with zero attached hydrogens (tertiary/aromatic N) is 3. The molecule has 5 nitrogen and oxygen atoms in total. The average Bonchev–Trinajstić information content (AvgIpc) is 3.11. The highest BCUT2D eigenvalue weighted by Gasteiger charge is 2.20. The third kappa shape index (κ3) is 3.13. The summed E-state index contributed by atoms with van der Waals surface area (Å²) in [6.45, 7) is 0.916. The molecule has 0 spiro atoms. The Bertz CT molecular complexity index is 493. The van der Waals surface area contributed by atoms with E-state index in [1.54, 1.807) is 6.20 Å². The lowest BCUT2D eigenvalue weighted by Gasteiger charge is -1.97. The van der Waals surface area contributed by atoms with Gasteiger partial charge in [-0.15, -0.1) is 0 Å². The standard InChI is InChI=1S/C13H16N4O/c1-2-10(9-14-6-1)8-12-16-13(18-17-12)5-7-15-11-3-4-11/h1-2,6,9,11,15H,3-5,7-8H2. The second-order valence-corrected chi connectivity index (χ2v) is 4.62. The minimum Gasteiger partial charge on any atom is -0.339 e.